The van der Waals surface area contributed by atoms with Gasteiger partial charge in [0.25, 0.3) is 0 Å². The van der Waals surface area contributed by atoms with Crippen LogP contribution in [0.25, 0.3) is 0 Å². The molecule has 0 bridgehead atoms. The molecule has 2 heterocycles. The molecule has 0 spiro atoms. The fraction of sp³-hybridized carbons (Fsp3) is 0.692. The lowest BCUT2D eigenvalue weighted by Gasteiger charge is -2.22. The third-order valence-corrected chi connectivity index (χ3v) is 6.00. The predicted octanol–water partition coefficient (Wildman–Crippen LogP) is 1.41. The number of hydrogen-bond acceptors (Lipinski definition) is 5. The Labute approximate surface area is 124 Å². The maximum atomic E-state index is 12.1. The van der Waals surface area contributed by atoms with E-state index >= 15 is 0 Å². The van der Waals surface area contributed by atoms with E-state index in [2.05, 4.69) is 10.0 Å². The number of nitrogens with one attached hydrogen (secondary N) is 2. The highest BCUT2D eigenvalue weighted by atomic mass is 32.2. The zero-order valence-corrected chi connectivity index (χ0v) is 13.6. The number of rotatable bonds is 6. The molecule has 1 aliphatic rings. The molecule has 2 N–H and O–H groups in total. The molecule has 0 aliphatic carbocycles. The van der Waals surface area contributed by atoms with Crippen LogP contribution < -0.4 is 10.0 Å². The molecule has 0 aromatic carbocycles. The van der Waals surface area contributed by atoms with Gasteiger partial charge in [0.1, 0.15) is 0 Å². The van der Waals surface area contributed by atoms with Gasteiger partial charge in [-0.05, 0) is 45.8 Å². The van der Waals surface area contributed by atoms with Crippen molar-refractivity contribution in [2.75, 3.05) is 26.2 Å². The normalized spacial score (nSPS) is 17.5. The highest BCUT2D eigenvalue weighted by Crippen LogP contribution is 2.24. The van der Waals surface area contributed by atoms with Gasteiger partial charge in [-0.1, -0.05) is 0 Å². The lowest BCUT2D eigenvalue weighted by Crippen LogP contribution is -2.34. The molecule has 0 saturated carbocycles. The van der Waals surface area contributed by atoms with E-state index in [0.717, 1.165) is 35.7 Å². The molecule has 1 aromatic heterocycles. The average molecular weight is 318 g/mol. The van der Waals surface area contributed by atoms with Crippen LogP contribution in [0, 0.1) is 13.8 Å². The van der Waals surface area contributed by atoms with Gasteiger partial charge in [0, 0.05) is 16.3 Å². The van der Waals surface area contributed by atoms with E-state index in [9.17, 15) is 8.42 Å². The largest absolute Gasteiger partial charge is 0.377 e. The summed E-state index contributed by atoms with van der Waals surface area (Å²) in [4.78, 5) is 2.23. The first-order valence-electron chi connectivity index (χ1n) is 6.88. The van der Waals surface area contributed by atoms with Crippen molar-refractivity contribution in [1.82, 2.24) is 10.0 Å². The second-order valence-electron chi connectivity index (χ2n) is 5.00. The van der Waals surface area contributed by atoms with Crippen molar-refractivity contribution in [3.63, 3.8) is 0 Å². The first kappa shape index (κ1) is 15.9. The van der Waals surface area contributed by atoms with Crippen molar-refractivity contribution in [2.24, 2.45) is 0 Å². The summed E-state index contributed by atoms with van der Waals surface area (Å²) in [6, 6.07) is 1.72. The highest BCUT2D eigenvalue weighted by Gasteiger charge is 2.19. The average Bonchev–Trinajstić information content (AvgIpc) is 2.76. The lowest BCUT2D eigenvalue weighted by molar-refractivity contribution is 0.0367. The van der Waals surface area contributed by atoms with Gasteiger partial charge in [0.2, 0.25) is 10.0 Å². The van der Waals surface area contributed by atoms with Crippen LogP contribution >= 0.6 is 11.3 Å². The standard InChI is InChI=1S/C13H22N2O3S2/c1-10-9-13(11(2)19-10)20(16,17)15-7-8-18-12-3-5-14-6-4-12/h9,12,14-15H,3-8H2,1-2H3. The topological polar surface area (TPSA) is 67.4 Å². The molecule has 2 rings (SSSR count). The Hall–Kier alpha value is -0.470. The van der Waals surface area contributed by atoms with Crippen LogP contribution in [0.2, 0.25) is 0 Å². The molecule has 1 aromatic rings. The van der Waals surface area contributed by atoms with Crippen molar-refractivity contribution < 1.29 is 13.2 Å². The van der Waals surface area contributed by atoms with Crippen LogP contribution in [0.3, 0.4) is 0 Å². The summed E-state index contributed by atoms with van der Waals surface area (Å²) in [5, 5.41) is 3.27. The summed E-state index contributed by atoms with van der Waals surface area (Å²) in [7, 11) is -3.41. The van der Waals surface area contributed by atoms with E-state index in [-0.39, 0.29) is 6.10 Å². The summed E-state index contributed by atoms with van der Waals surface area (Å²) in [6.45, 7) is 6.44. The van der Waals surface area contributed by atoms with Crippen molar-refractivity contribution >= 4 is 21.4 Å². The SMILES string of the molecule is Cc1cc(S(=O)(=O)NCCOC2CCNCC2)c(C)s1. The molecule has 114 valence electrons. The second-order valence-corrected chi connectivity index (χ2v) is 8.19. The quantitative estimate of drug-likeness (QED) is 0.778. The molecule has 0 radical (unpaired) electrons. The third-order valence-electron chi connectivity index (χ3n) is 3.32. The molecule has 5 nitrogen and oxygen atoms in total. The molecule has 7 heteroatoms. The summed E-state index contributed by atoms with van der Waals surface area (Å²) in [5.41, 5.74) is 0. The van der Waals surface area contributed by atoms with Crippen molar-refractivity contribution in [3.8, 4) is 0 Å². The second kappa shape index (κ2) is 7.00. The summed E-state index contributed by atoms with van der Waals surface area (Å²) in [6.07, 6.45) is 2.25. The molecule has 1 fully saturated rings. The van der Waals surface area contributed by atoms with Crippen LogP contribution in [-0.4, -0.2) is 40.8 Å². The highest BCUT2D eigenvalue weighted by molar-refractivity contribution is 7.89. The molecular weight excluding hydrogens is 296 g/mol. The number of hydrogen-bond donors (Lipinski definition) is 2. The monoisotopic (exact) mass is 318 g/mol. The zero-order valence-electron chi connectivity index (χ0n) is 11.9. The Morgan fingerprint density at radius 1 is 1.40 bits per heavy atom. The summed E-state index contributed by atoms with van der Waals surface area (Å²) >= 11 is 1.50. The van der Waals surface area contributed by atoms with Gasteiger partial charge in [-0.3, -0.25) is 0 Å². The number of thiophene rings is 1. The van der Waals surface area contributed by atoms with Crippen LogP contribution in [0.5, 0.6) is 0 Å². The molecule has 1 saturated heterocycles. The van der Waals surface area contributed by atoms with Gasteiger partial charge in [0.05, 0.1) is 17.6 Å². The van der Waals surface area contributed by atoms with Crippen LogP contribution in [0.15, 0.2) is 11.0 Å². The van der Waals surface area contributed by atoms with Gasteiger partial charge in [-0.15, -0.1) is 11.3 Å². The fourth-order valence-electron chi connectivity index (χ4n) is 2.32. The fourth-order valence-corrected chi connectivity index (χ4v) is 4.88. The summed E-state index contributed by atoms with van der Waals surface area (Å²) < 4.78 is 32.6. The van der Waals surface area contributed by atoms with E-state index in [1.54, 1.807) is 6.07 Å². The van der Waals surface area contributed by atoms with E-state index in [1.165, 1.54) is 11.3 Å². The molecule has 0 atom stereocenters. The molecular formula is C13H22N2O3S2. The van der Waals surface area contributed by atoms with Crippen molar-refractivity contribution in [2.45, 2.75) is 37.7 Å². The third kappa shape index (κ3) is 4.26. The molecule has 0 amide bonds. The maximum Gasteiger partial charge on any atom is 0.241 e. The predicted molar refractivity (Wildman–Crippen MR) is 80.8 cm³/mol. The molecule has 1 aliphatic heterocycles. The van der Waals surface area contributed by atoms with E-state index < -0.39 is 10.0 Å². The van der Waals surface area contributed by atoms with Gasteiger partial charge < -0.3 is 10.1 Å². The lowest BCUT2D eigenvalue weighted by atomic mass is 10.1. The van der Waals surface area contributed by atoms with Crippen LogP contribution in [-0.2, 0) is 14.8 Å². The Bertz CT molecular complexity index is 534. The minimum atomic E-state index is -3.41. The minimum Gasteiger partial charge on any atom is -0.377 e. The van der Waals surface area contributed by atoms with E-state index in [4.69, 9.17) is 4.74 Å². The molecule has 0 unspecified atom stereocenters. The number of sulfonamides is 1. The number of ether oxygens (including phenoxy) is 1. The summed E-state index contributed by atoms with van der Waals surface area (Å²) in [5.74, 6) is 0. The van der Waals surface area contributed by atoms with Gasteiger partial charge >= 0.3 is 0 Å². The Balaban J connectivity index is 1.79. The number of piperidine rings is 1. The van der Waals surface area contributed by atoms with Crippen LogP contribution in [0.1, 0.15) is 22.6 Å². The van der Waals surface area contributed by atoms with Crippen molar-refractivity contribution in [3.05, 3.63) is 15.8 Å². The first-order valence-corrected chi connectivity index (χ1v) is 9.18. The van der Waals surface area contributed by atoms with E-state index in [1.807, 2.05) is 13.8 Å². The van der Waals surface area contributed by atoms with Gasteiger partial charge in [-0.25, -0.2) is 13.1 Å². The molecule has 20 heavy (non-hydrogen) atoms. The smallest absolute Gasteiger partial charge is 0.241 e. The Morgan fingerprint density at radius 2 is 2.10 bits per heavy atom. The zero-order chi connectivity index (χ0) is 14.6. The van der Waals surface area contributed by atoms with Gasteiger partial charge in [0.15, 0.2) is 0 Å². The Kier molecular flexibility index (Phi) is 5.57. The van der Waals surface area contributed by atoms with E-state index in [0.29, 0.717) is 18.0 Å². The van der Waals surface area contributed by atoms with Gasteiger partial charge in [-0.2, -0.15) is 0 Å². The van der Waals surface area contributed by atoms with Crippen LogP contribution in [0.4, 0.5) is 0 Å². The number of aryl methyl sites for hydroxylation is 2. The van der Waals surface area contributed by atoms with Crippen molar-refractivity contribution in [1.29, 1.82) is 0 Å². The Morgan fingerprint density at radius 3 is 2.70 bits per heavy atom. The first-order chi connectivity index (χ1) is 9.49. The maximum absolute atomic E-state index is 12.1. The minimum absolute atomic E-state index is 0.255.